The van der Waals surface area contributed by atoms with E-state index in [-0.39, 0.29) is 22.4 Å². The molecule has 0 spiro atoms. The van der Waals surface area contributed by atoms with E-state index in [0.717, 1.165) is 47.8 Å². The van der Waals surface area contributed by atoms with Crippen LogP contribution < -0.4 is 18.3 Å². The molecule has 0 aromatic heterocycles. The molecule has 1 unspecified atom stereocenters. The van der Waals surface area contributed by atoms with Crippen molar-refractivity contribution >= 4 is 27.8 Å². The average Bonchev–Trinajstić information content (AvgIpc) is 3.03. The molecule has 1 saturated heterocycles. The molecule has 7 nitrogen and oxygen atoms in total. The second-order valence-electron chi connectivity index (χ2n) is 17.0. The van der Waals surface area contributed by atoms with Gasteiger partial charge in [0, 0.05) is 41.0 Å². The second-order valence-corrected chi connectivity index (χ2v) is 26.4. The van der Waals surface area contributed by atoms with Crippen LogP contribution in [0.15, 0.2) is 60.7 Å². The fraction of sp³-hybridized carbons (Fsp3) is 0.512. The predicted molar refractivity (Wildman–Crippen MR) is 210 cm³/mol. The summed E-state index contributed by atoms with van der Waals surface area (Å²) in [6.45, 7) is 26.1. The monoisotopic (exact) mass is 717 g/mol. The van der Waals surface area contributed by atoms with Gasteiger partial charge in [0.25, 0.3) is 0 Å². The molecule has 5 rings (SSSR count). The minimum atomic E-state index is -2.11. The van der Waals surface area contributed by atoms with E-state index in [1.54, 1.807) is 6.07 Å². The van der Waals surface area contributed by atoms with Gasteiger partial charge in [0.1, 0.15) is 48.1 Å². The average molecular weight is 718 g/mol. The van der Waals surface area contributed by atoms with Crippen molar-refractivity contribution in [1.29, 1.82) is 0 Å². The Morgan fingerprint density at radius 2 is 1.28 bits per heavy atom. The third-order valence-electron chi connectivity index (χ3n) is 11.2. The largest absolute Gasteiger partial charge is 0.543 e. The summed E-state index contributed by atoms with van der Waals surface area (Å²) < 4.78 is 25.6. The lowest BCUT2D eigenvalue weighted by atomic mass is 9.86. The van der Waals surface area contributed by atoms with Crippen LogP contribution in [0, 0.1) is 0 Å². The Bertz CT molecular complexity index is 1660. The highest BCUT2D eigenvalue weighted by atomic mass is 28.4. The Kier molecular flexibility index (Phi) is 11.2. The Hall–Kier alpha value is -3.25. The molecule has 1 fully saturated rings. The SMILES string of the molecule is CC(C)(C)[Si](C)(C)Oc1ccc(C2=C(C(O)c3ccc(OCCN4CCCCC4)cc3)c3ccc(O[Si](C)(C)C(C)(C)C)cc3OC2)c(O)c1. The van der Waals surface area contributed by atoms with Crippen molar-refractivity contribution in [3.63, 3.8) is 0 Å². The number of hydrogen-bond acceptors (Lipinski definition) is 7. The van der Waals surface area contributed by atoms with E-state index in [4.69, 9.17) is 18.3 Å². The first-order chi connectivity index (χ1) is 23.4. The smallest absolute Gasteiger partial charge is 0.250 e. The highest BCUT2D eigenvalue weighted by molar-refractivity contribution is 6.75. The molecule has 50 heavy (non-hydrogen) atoms. The normalized spacial score (nSPS) is 16.8. The number of benzene rings is 3. The van der Waals surface area contributed by atoms with E-state index < -0.39 is 22.7 Å². The van der Waals surface area contributed by atoms with Gasteiger partial charge in [-0.1, -0.05) is 60.1 Å². The van der Waals surface area contributed by atoms with Gasteiger partial charge in [-0.25, -0.2) is 0 Å². The van der Waals surface area contributed by atoms with Gasteiger partial charge in [-0.3, -0.25) is 4.90 Å². The first-order valence-corrected chi connectivity index (χ1v) is 24.0. The van der Waals surface area contributed by atoms with Gasteiger partial charge in [0.2, 0.25) is 16.6 Å². The third-order valence-corrected chi connectivity index (χ3v) is 19.9. The van der Waals surface area contributed by atoms with Gasteiger partial charge in [-0.2, -0.15) is 0 Å². The van der Waals surface area contributed by atoms with E-state index >= 15 is 0 Å². The summed E-state index contributed by atoms with van der Waals surface area (Å²) in [5, 5.41) is 23.6. The van der Waals surface area contributed by atoms with Crippen LogP contribution in [0.4, 0.5) is 0 Å². The topological polar surface area (TPSA) is 80.6 Å². The lowest BCUT2D eigenvalue weighted by Gasteiger charge is -2.37. The Labute approximate surface area is 302 Å². The van der Waals surface area contributed by atoms with Crippen LogP contribution >= 0.6 is 0 Å². The van der Waals surface area contributed by atoms with E-state index in [0.29, 0.717) is 29.2 Å². The van der Waals surface area contributed by atoms with Crippen molar-refractivity contribution in [2.45, 2.75) is 103 Å². The highest BCUT2D eigenvalue weighted by Gasteiger charge is 2.40. The van der Waals surface area contributed by atoms with Crippen molar-refractivity contribution in [2.24, 2.45) is 0 Å². The number of aromatic hydroxyl groups is 1. The van der Waals surface area contributed by atoms with Crippen LogP contribution in [0.3, 0.4) is 0 Å². The van der Waals surface area contributed by atoms with Crippen molar-refractivity contribution in [2.75, 3.05) is 32.8 Å². The standard InChI is InChI=1S/C41H59NO6Si2/c1-40(2,3)49(7,8)47-31-18-20-33(36(43)26-31)35-28-46-37-27-32(48-50(9,10)41(4,5)6)19-21-34(37)38(35)39(44)29-14-16-30(17-15-29)45-25-24-42-22-12-11-13-23-42/h14-21,26-27,39,43-44H,11-13,22-25,28H2,1-10H3. The fourth-order valence-electron chi connectivity index (χ4n) is 5.95. The molecule has 1 atom stereocenters. The number of fused-ring (bicyclic) bond motifs is 1. The summed E-state index contributed by atoms with van der Waals surface area (Å²) in [6, 6.07) is 19.1. The number of ether oxygens (including phenoxy) is 2. The zero-order valence-corrected chi connectivity index (χ0v) is 34.0. The summed E-state index contributed by atoms with van der Waals surface area (Å²) in [6.07, 6.45) is 2.86. The molecule has 0 aliphatic carbocycles. The van der Waals surface area contributed by atoms with E-state index in [9.17, 15) is 10.2 Å². The molecule has 2 heterocycles. The van der Waals surface area contributed by atoms with Gasteiger partial charge >= 0.3 is 0 Å². The lowest BCUT2D eigenvalue weighted by Crippen LogP contribution is -2.43. The van der Waals surface area contributed by atoms with Crippen molar-refractivity contribution in [3.8, 4) is 28.7 Å². The summed E-state index contributed by atoms with van der Waals surface area (Å²) >= 11 is 0. The predicted octanol–water partition coefficient (Wildman–Crippen LogP) is 10.1. The Morgan fingerprint density at radius 3 is 1.84 bits per heavy atom. The molecule has 0 bridgehead atoms. The summed E-state index contributed by atoms with van der Waals surface area (Å²) in [7, 11) is -4.20. The summed E-state index contributed by atoms with van der Waals surface area (Å²) in [5.74, 6) is 2.91. The molecule has 9 heteroatoms. The number of aliphatic hydroxyl groups is 1. The number of phenolic OH excluding ortho intramolecular Hbond substituents is 1. The second kappa shape index (κ2) is 14.8. The Balaban J connectivity index is 1.48. The maximum Gasteiger partial charge on any atom is 0.250 e. The van der Waals surface area contributed by atoms with Gasteiger partial charge in [-0.05, 0) is 104 Å². The minimum absolute atomic E-state index is 0.0169. The van der Waals surface area contributed by atoms with Gasteiger partial charge < -0.3 is 28.5 Å². The molecule has 3 aromatic rings. The number of aliphatic hydroxyl groups excluding tert-OH is 1. The van der Waals surface area contributed by atoms with Gasteiger partial charge in [-0.15, -0.1) is 0 Å². The van der Waals surface area contributed by atoms with E-state index in [2.05, 4.69) is 72.6 Å². The molecule has 0 saturated carbocycles. The third kappa shape index (κ3) is 8.61. The molecule has 2 aliphatic rings. The highest BCUT2D eigenvalue weighted by Crippen LogP contribution is 2.48. The molecule has 2 aliphatic heterocycles. The number of rotatable bonds is 11. The zero-order chi connectivity index (χ0) is 36.5. The van der Waals surface area contributed by atoms with Crippen LogP contribution in [0.2, 0.25) is 36.3 Å². The van der Waals surface area contributed by atoms with Crippen LogP contribution in [0.1, 0.15) is 83.6 Å². The number of phenols is 1. The van der Waals surface area contributed by atoms with Crippen LogP contribution in [0.5, 0.6) is 28.7 Å². The first-order valence-electron chi connectivity index (χ1n) is 18.2. The minimum Gasteiger partial charge on any atom is -0.543 e. The number of nitrogens with zero attached hydrogens (tertiary/aromatic N) is 1. The van der Waals surface area contributed by atoms with Crippen LogP contribution in [0.25, 0.3) is 11.1 Å². The first kappa shape index (κ1) is 38.0. The molecular weight excluding hydrogens is 659 g/mol. The van der Waals surface area contributed by atoms with Crippen molar-refractivity contribution in [3.05, 3.63) is 77.4 Å². The van der Waals surface area contributed by atoms with Crippen molar-refractivity contribution < 1.29 is 28.5 Å². The maximum atomic E-state index is 12.1. The maximum absolute atomic E-state index is 12.1. The molecule has 3 aromatic carbocycles. The Morgan fingerprint density at radius 1 is 0.740 bits per heavy atom. The van der Waals surface area contributed by atoms with Gasteiger partial charge in [0.15, 0.2) is 0 Å². The summed E-state index contributed by atoms with van der Waals surface area (Å²) in [4.78, 5) is 2.46. The van der Waals surface area contributed by atoms with E-state index in [1.807, 2.05) is 54.6 Å². The van der Waals surface area contributed by atoms with Crippen LogP contribution in [-0.2, 0) is 0 Å². The molecule has 0 amide bonds. The van der Waals surface area contributed by atoms with Gasteiger partial charge in [0.05, 0.1) is 0 Å². The summed E-state index contributed by atoms with van der Waals surface area (Å²) in [5.41, 5.74) is 3.52. The van der Waals surface area contributed by atoms with E-state index in [1.165, 1.54) is 19.3 Å². The number of hydrogen-bond donors (Lipinski definition) is 2. The molecule has 272 valence electrons. The molecular formula is C41H59NO6Si2. The number of piperidine rings is 1. The zero-order valence-electron chi connectivity index (χ0n) is 32.0. The quantitative estimate of drug-likeness (QED) is 0.191. The molecule has 0 radical (unpaired) electrons. The molecule has 2 N–H and O–H groups in total. The fourth-order valence-corrected chi connectivity index (χ4v) is 7.99. The number of likely N-dealkylation sites (tertiary alicyclic amines) is 1. The van der Waals surface area contributed by atoms with Crippen molar-refractivity contribution in [1.82, 2.24) is 4.90 Å². The van der Waals surface area contributed by atoms with Crippen LogP contribution in [-0.4, -0.2) is 64.6 Å². The lowest BCUT2D eigenvalue weighted by molar-refractivity contribution is 0.183.